The zero-order valence-electron chi connectivity index (χ0n) is 23.2. The van der Waals surface area contributed by atoms with Gasteiger partial charge in [0.2, 0.25) is 0 Å². The normalized spacial score (nSPS) is 23.3. The van der Waals surface area contributed by atoms with Crippen molar-refractivity contribution in [1.82, 2.24) is 9.62 Å². The number of rotatable bonds is 13. The molecule has 5 rings (SSSR count). The van der Waals surface area contributed by atoms with E-state index in [0.29, 0.717) is 50.3 Å². The van der Waals surface area contributed by atoms with Gasteiger partial charge in [-0.25, -0.2) is 0 Å². The molecule has 2 unspecified atom stereocenters. The van der Waals surface area contributed by atoms with Crippen LogP contribution in [0.5, 0.6) is 0 Å². The summed E-state index contributed by atoms with van der Waals surface area (Å²) in [6, 6.07) is 13.5. The number of thioether (sulfide) groups is 1. The number of benzene rings is 2. The molecule has 0 spiro atoms. The number of piperidine rings is 1. The van der Waals surface area contributed by atoms with Gasteiger partial charge in [-0.3, -0.25) is 0 Å². The molecule has 2 aliphatic carbocycles. The number of hydrogen-bond acceptors (Lipinski definition) is 7. The maximum absolute atomic E-state index is 15.1. The number of alkyl halides is 3. The van der Waals surface area contributed by atoms with Gasteiger partial charge >= 0.3 is 265 Å². The number of carbonyl (C=O) groups excluding carboxylic acids is 1. The number of hydrogen-bond donors (Lipinski definition) is 3. The number of fused-ring (bicyclic) bond motifs is 1. The van der Waals surface area contributed by atoms with Crippen LogP contribution in [0.1, 0.15) is 38.5 Å². The third-order valence-electron chi connectivity index (χ3n) is 8.32. The molecule has 2 saturated carbocycles. The predicted molar refractivity (Wildman–Crippen MR) is 150 cm³/mol. The van der Waals surface area contributed by atoms with Crippen LogP contribution in [0.4, 0.5) is 18.9 Å². The van der Waals surface area contributed by atoms with Gasteiger partial charge in [0.15, 0.2) is 0 Å². The second-order valence-electron chi connectivity index (χ2n) is 11.3. The van der Waals surface area contributed by atoms with Gasteiger partial charge in [-0.1, -0.05) is 0 Å². The van der Waals surface area contributed by atoms with Gasteiger partial charge < -0.3 is 0 Å². The van der Waals surface area contributed by atoms with E-state index >= 15 is 4.39 Å². The molecule has 3 aliphatic rings. The molecule has 3 N–H and O–H groups in total. The van der Waals surface area contributed by atoms with E-state index in [0.717, 1.165) is 11.3 Å². The number of anilines is 1. The van der Waals surface area contributed by atoms with Crippen LogP contribution < -0.4 is 31.5 Å². The molecule has 0 aromatic heterocycles. The molecule has 3 atom stereocenters. The monoisotopic (exact) mass is 754 g/mol. The average molecular weight is 755 g/mol. The fourth-order valence-electron chi connectivity index (χ4n) is 5.78. The van der Waals surface area contributed by atoms with Crippen LogP contribution in [0, 0.1) is 20.3 Å². The summed E-state index contributed by atoms with van der Waals surface area (Å²) in [4.78, 5) is 27.0. The quantitative estimate of drug-likeness (QED) is 0.123. The van der Waals surface area contributed by atoms with Crippen molar-refractivity contribution >= 4 is 33.4 Å². The van der Waals surface area contributed by atoms with Gasteiger partial charge in [-0.2, -0.15) is 0 Å². The Morgan fingerprint density at radius 1 is 1.09 bits per heavy atom. The molecule has 2 aromatic carbocycles. The van der Waals surface area contributed by atoms with Crippen molar-refractivity contribution in [3.63, 3.8) is 0 Å². The van der Waals surface area contributed by atoms with Gasteiger partial charge in [0.25, 0.3) is 0 Å². The Morgan fingerprint density at radius 3 is 2.42 bits per heavy atom. The zero-order valence-corrected chi connectivity index (χ0v) is 27.0. The molecule has 1 amide bonds. The molecular formula is C28H34F3IN4O5S2. The number of amides is 1. The summed E-state index contributed by atoms with van der Waals surface area (Å²) in [5.74, 6) is -4.34. The summed E-state index contributed by atoms with van der Waals surface area (Å²) in [5, 5.41) is 12.9. The standard InChI is InChI=1S/C28H34F3IN4O5S2/c29-27(12-5-2-6-13-27)26(37)34-43(40,41)21-9-10-25(24(15-21)32-36(38)39)33-19(18-42-20-7-3-1-4-8-20)11-14-35-16-22-23(17-35)28(22,30)31/h1,3-4,7-10,15,19,22-23,33H,2,5-6,11-14,16-18H2,(H,34,37)(H,38,39)/t19-,22?,23?/m1/s1. The topological polar surface area (TPSA) is 119 Å². The third kappa shape index (κ3) is 7.76. The first-order valence-electron chi connectivity index (χ1n) is 14.1. The summed E-state index contributed by atoms with van der Waals surface area (Å²) >= 11 is -0.168. The first kappa shape index (κ1) is 32.3. The van der Waals surface area contributed by atoms with E-state index in [4.69, 9.17) is 0 Å². The van der Waals surface area contributed by atoms with E-state index < -0.39 is 60.8 Å². The molecular weight excluding hydrogens is 720 g/mol. The Morgan fingerprint density at radius 2 is 1.77 bits per heavy atom. The van der Waals surface area contributed by atoms with Gasteiger partial charge in [-0.05, 0) is 0 Å². The Kier molecular flexibility index (Phi) is 9.83. The molecule has 0 bridgehead atoms. The second kappa shape index (κ2) is 13.1. The first-order chi connectivity index (χ1) is 20.4. The van der Waals surface area contributed by atoms with Gasteiger partial charge in [0.1, 0.15) is 0 Å². The Labute approximate surface area is 263 Å². The molecule has 2 aromatic rings. The van der Waals surface area contributed by atoms with E-state index in [1.54, 1.807) is 11.8 Å². The Hall–Kier alpha value is -2.11. The van der Waals surface area contributed by atoms with Crippen LogP contribution in [-0.2, 0) is 14.8 Å². The summed E-state index contributed by atoms with van der Waals surface area (Å²) in [6.45, 7) is 1.28. The third-order valence-corrected chi connectivity index (χ3v) is 12.6. The minimum atomic E-state index is -4.45. The summed E-state index contributed by atoms with van der Waals surface area (Å²) in [5.41, 5.74) is -1.81. The van der Waals surface area contributed by atoms with Crippen molar-refractivity contribution in [3.05, 3.63) is 57.0 Å². The van der Waals surface area contributed by atoms with E-state index in [1.165, 1.54) is 18.2 Å². The number of likely N-dealkylation sites (tertiary alicyclic amines) is 1. The van der Waals surface area contributed by atoms with Crippen LogP contribution in [0.3, 0.4) is 0 Å². The van der Waals surface area contributed by atoms with Crippen molar-refractivity contribution in [2.24, 2.45) is 11.8 Å². The number of sulfonamides is 1. The number of carbonyl (C=O) groups is 1. The van der Waals surface area contributed by atoms with Crippen LogP contribution in [0.25, 0.3) is 0 Å². The van der Waals surface area contributed by atoms with Crippen molar-refractivity contribution < 1.29 is 56.2 Å². The number of halogens is 4. The summed E-state index contributed by atoms with van der Waals surface area (Å²) in [7, 11) is -4.45. The fraction of sp³-hybridized carbons (Fsp3) is 0.536. The molecule has 1 aliphatic heterocycles. The van der Waals surface area contributed by atoms with Crippen molar-refractivity contribution in [3.8, 4) is 0 Å². The van der Waals surface area contributed by atoms with Gasteiger partial charge in [-0.15, -0.1) is 0 Å². The fourth-order valence-corrected chi connectivity index (χ4v) is 9.56. The van der Waals surface area contributed by atoms with Crippen LogP contribution in [-0.4, -0.2) is 70.6 Å². The van der Waals surface area contributed by atoms with Crippen molar-refractivity contribution in [2.75, 3.05) is 30.7 Å². The van der Waals surface area contributed by atoms with Crippen LogP contribution in [0.2, 0.25) is 0 Å². The van der Waals surface area contributed by atoms with E-state index in [9.17, 15) is 32.1 Å². The Bertz CT molecular complexity index is 1430. The van der Waals surface area contributed by atoms with Crippen molar-refractivity contribution in [2.45, 2.75) is 65.9 Å². The molecule has 0 radical (unpaired) electrons. The molecule has 1 heterocycles. The van der Waals surface area contributed by atoms with Crippen molar-refractivity contribution in [1.29, 1.82) is 0 Å². The summed E-state index contributed by atoms with van der Waals surface area (Å²) < 4.78 is 70.5. The Balaban J connectivity index is 1.31. The molecule has 15 heteroatoms. The number of nitrogens with zero attached hydrogens (tertiary/aromatic N) is 2. The second-order valence-corrected chi connectivity index (χ2v) is 16.6. The predicted octanol–water partition coefficient (Wildman–Crippen LogP) is 1.67. The maximum atomic E-state index is 15.1. The van der Waals surface area contributed by atoms with E-state index in [2.05, 4.69) is 5.32 Å². The molecule has 236 valence electrons. The number of nitrogens with one attached hydrogen (secondary N) is 2. The van der Waals surface area contributed by atoms with Crippen LogP contribution in [0.15, 0.2) is 58.3 Å². The summed E-state index contributed by atoms with van der Waals surface area (Å²) in [6.07, 6.45) is 2.26. The first-order valence-corrected chi connectivity index (χ1v) is 18.6. The van der Waals surface area contributed by atoms with Gasteiger partial charge in [0.05, 0.1) is 0 Å². The molecule has 43 heavy (non-hydrogen) atoms. The SMILES string of the molecule is O=C(NS(=O)(=O)c1ccc(N[C@H](CCN2CC3C(C2)C3(F)F)CSc2ccccc2)c([I-][N+](=O)O)c1)C1(F)CCCCC1. The van der Waals surface area contributed by atoms with E-state index in [1.807, 2.05) is 40.0 Å². The van der Waals surface area contributed by atoms with Crippen LogP contribution >= 0.6 is 11.8 Å². The molecule has 1 saturated heterocycles. The average Bonchev–Trinajstić information content (AvgIpc) is 3.26. The molecule has 3 fully saturated rings. The van der Waals surface area contributed by atoms with E-state index in [-0.39, 0.29) is 30.5 Å². The van der Waals surface area contributed by atoms with Gasteiger partial charge in [0, 0.05) is 0 Å². The molecule has 9 nitrogen and oxygen atoms in total. The minimum absolute atomic E-state index is 0.0485. The zero-order chi connectivity index (χ0) is 30.8.